The van der Waals surface area contributed by atoms with Crippen molar-refractivity contribution in [2.24, 2.45) is 0 Å². The summed E-state index contributed by atoms with van der Waals surface area (Å²) in [6, 6.07) is 14.3. The molecule has 0 unspecified atom stereocenters. The molecule has 2 N–H and O–H groups in total. The first kappa shape index (κ1) is 17.7. The molecule has 0 aliphatic carbocycles. The zero-order valence-electron chi connectivity index (χ0n) is 13.6. The maximum Gasteiger partial charge on any atom is 0.335 e. The Labute approximate surface area is 141 Å². The zero-order valence-corrected chi connectivity index (χ0v) is 13.6. The Morgan fingerprint density at radius 1 is 1.00 bits per heavy atom. The van der Waals surface area contributed by atoms with Crippen LogP contribution in [-0.4, -0.2) is 23.6 Å². The Bertz CT molecular complexity index is 712. The summed E-state index contributed by atoms with van der Waals surface area (Å²) in [6.07, 6.45) is 0.0378. The second-order valence-corrected chi connectivity index (χ2v) is 5.32. The van der Waals surface area contributed by atoms with E-state index in [1.54, 1.807) is 18.2 Å². The highest BCUT2D eigenvalue weighted by atomic mass is 16.5. The van der Waals surface area contributed by atoms with Gasteiger partial charge in [0, 0.05) is 13.2 Å². The minimum atomic E-state index is -1.03. The van der Waals surface area contributed by atoms with Crippen molar-refractivity contribution in [2.75, 3.05) is 6.61 Å². The number of nitrogens with one attached hydrogen (secondary N) is 1. The first-order chi connectivity index (χ1) is 11.6. The maximum absolute atomic E-state index is 12.2. The fraction of sp³-hybridized carbons (Fsp3) is 0.263. The average Bonchev–Trinajstić information content (AvgIpc) is 2.59. The molecule has 0 bridgehead atoms. The summed E-state index contributed by atoms with van der Waals surface area (Å²) in [5.41, 5.74) is 2.69. The van der Waals surface area contributed by atoms with Gasteiger partial charge in [-0.05, 0) is 29.7 Å². The molecule has 2 aromatic rings. The lowest BCUT2D eigenvalue weighted by molar-refractivity contribution is -0.120. The molecule has 0 atom stereocenters. The minimum absolute atomic E-state index is 0.0378. The highest BCUT2D eigenvalue weighted by Crippen LogP contribution is 2.12. The predicted molar refractivity (Wildman–Crippen MR) is 90.7 cm³/mol. The van der Waals surface area contributed by atoms with Gasteiger partial charge in [0.05, 0.1) is 18.6 Å². The van der Waals surface area contributed by atoms with Gasteiger partial charge in [0.1, 0.15) is 0 Å². The normalized spacial score (nSPS) is 10.4. The molecule has 0 aromatic heterocycles. The fourth-order valence-corrected chi connectivity index (χ4v) is 2.40. The lowest BCUT2D eigenvalue weighted by atomic mass is 10.0. The van der Waals surface area contributed by atoms with E-state index in [-0.39, 0.29) is 17.9 Å². The summed E-state index contributed by atoms with van der Waals surface area (Å²) in [5.74, 6) is -1.24. The molecule has 126 valence electrons. The molecule has 0 saturated carbocycles. The molecule has 0 aliphatic rings. The number of carboxylic acid groups (broad SMARTS) is 1. The van der Waals surface area contributed by atoms with Crippen molar-refractivity contribution in [1.82, 2.24) is 5.32 Å². The van der Waals surface area contributed by atoms with Crippen LogP contribution in [0.1, 0.15) is 34.0 Å². The molecule has 0 saturated heterocycles. The summed E-state index contributed by atoms with van der Waals surface area (Å²) in [6.45, 7) is 3.46. The monoisotopic (exact) mass is 327 g/mol. The lowest BCUT2D eigenvalue weighted by Crippen LogP contribution is -2.26. The van der Waals surface area contributed by atoms with E-state index in [1.165, 1.54) is 6.07 Å². The van der Waals surface area contributed by atoms with Crippen LogP contribution in [0.4, 0.5) is 0 Å². The van der Waals surface area contributed by atoms with Crippen molar-refractivity contribution in [3.05, 3.63) is 70.8 Å². The van der Waals surface area contributed by atoms with E-state index in [9.17, 15) is 9.59 Å². The summed E-state index contributed by atoms with van der Waals surface area (Å²) in [5, 5.41) is 12.0. The molecule has 2 rings (SSSR count). The number of carboxylic acids is 1. The van der Waals surface area contributed by atoms with Gasteiger partial charge in [-0.3, -0.25) is 4.79 Å². The van der Waals surface area contributed by atoms with E-state index in [1.807, 2.05) is 31.2 Å². The molecule has 5 nitrogen and oxygen atoms in total. The molecular weight excluding hydrogens is 306 g/mol. The van der Waals surface area contributed by atoms with Crippen LogP contribution in [0.3, 0.4) is 0 Å². The summed E-state index contributed by atoms with van der Waals surface area (Å²) < 4.78 is 5.43. The van der Waals surface area contributed by atoms with Crippen molar-refractivity contribution in [3.8, 4) is 0 Å². The number of carbonyl (C=O) groups excluding carboxylic acids is 1. The molecular formula is C19H21NO4. The maximum atomic E-state index is 12.2. The Morgan fingerprint density at radius 2 is 1.62 bits per heavy atom. The number of amides is 1. The van der Waals surface area contributed by atoms with Gasteiger partial charge >= 0.3 is 5.97 Å². The molecule has 5 heteroatoms. The number of hydrogen-bond acceptors (Lipinski definition) is 3. The van der Waals surface area contributed by atoms with E-state index in [4.69, 9.17) is 9.84 Å². The number of benzene rings is 2. The third-order valence-electron chi connectivity index (χ3n) is 3.65. The van der Waals surface area contributed by atoms with Crippen LogP contribution in [0.25, 0.3) is 0 Å². The SMILES string of the molecule is CCOCc1ccccc1CNC(=O)Cc1ccccc1C(=O)O. The van der Waals surface area contributed by atoms with Crippen molar-refractivity contribution in [2.45, 2.75) is 26.5 Å². The van der Waals surface area contributed by atoms with Gasteiger partial charge in [-0.1, -0.05) is 42.5 Å². The fourth-order valence-electron chi connectivity index (χ4n) is 2.40. The van der Waals surface area contributed by atoms with Gasteiger partial charge < -0.3 is 15.2 Å². The molecule has 0 radical (unpaired) electrons. The Kier molecular flexibility index (Phi) is 6.51. The first-order valence-corrected chi connectivity index (χ1v) is 7.84. The van der Waals surface area contributed by atoms with Gasteiger partial charge in [0.15, 0.2) is 0 Å². The zero-order chi connectivity index (χ0) is 17.4. The standard InChI is InChI=1S/C19H21NO4/c1-2-24-13-16-9-4-3-8-15(16)12-20-18(21)11-14-7-5-6-10-17(14)19(22)23/h3-10H,2,11-13H2,1H3,(H,20,21)(H,22,23). The first-order valence-electron chi connectivity index (χ1n) is 7.84. The molecule has 0 fully saturated rings. The molecule has 24 heavy (non-hydrogen) atoms. The van der Waals surface area contributed by atoms with E-state index in [2.05, 4.69) is 5.32 Å². The van der Waals surface area contributed by atoms with Crippen molar-refractivity contribution >= 4 is 11.9 Å². The second-order valence-electron chi connectivity index (χ2n) is 5.32. The van der Waals surface area contributed by atoms with E-state index >= 15 is 0 Å². The lowest BCUT2D eigenvalue weighted by Gasteiger charge is -2.11. The summed E-state index contributed by atoms with van der Waals surface area (Å²) in [4.78, 5) is 23.3. The smallest absolute Gasteiger partial charge is 0.335 e. The van der Waals surface area contributed by atoms with Gasteiger partial charge in [0.25, 0.3) is 0 Å². The molecule has 0 heterocycles. The number of ether oxygens (including phenoxy) is 1. The van der Waals surface area contributed by atoms with E-state index in [0.29, 0.717) is 25.3 Å². The second kappa shape index (κ2) is 8.84. The van der Waals surface area contributed by atoms with Gasteiger partial charge in [0.2, 0.25) is 5.91 Å². The molecule has 2 aromatic carbocycles. The van der Waals surface area contributed by atoms with Gasteiger partial charge in [-0.25, -0.2) is 4.79 Å². The van der Waals surface area contributed by atoms with Crippen LogP contribution in [0.2, 0.25) is 0 Å². The Morgan fingerprint density at radius 3 is 2.29 bits per heavy atom. The number of aromatic carboxylic acids is 1. The van der Waals surface area contributed by atoms with Crippen LogP contribution in [0.5, 0.6) is 0 Å². The van der Waals surface area contributed by atoms with Crippen molar-refractivity contribution in [3.63, 3.8) is 0 Å². The summed E-state index contributed by atoms with van der Waals surface area (Å²) in [7, 11) is 0. The van der Waals surface area contributed by atoms with Crippen LogP contribution >= 0.6 is 0 Å². The van der Waals surface area contributed by atoms with Crippen LogP contribution in [0, 0.1) is 0 Å². The van der Waals surface area contributed by atoms with Gasteiger partial charge in [-0.15, -0.1) is 0 Å². The van der Waals surface area contributed by atoms with Crippen molar-refractivity contribution < 1.29 is 19.4 Å². The highest BCUT2D eigenvalue weighted by molar-refractivity contribution is 5.91. The Balaban J connectivity index is 1.98. The topological polar surface area (TPSA) is 75.6 Å². The van der Waals surface area contributed by atoms with Gasteiger partial charge in [-0.2, -0.15) is 0 Å². The van der Waals surface area contributed by atoms with Crippen LogP contribution in [-0.2, 0) is 29.1 Å². The highest BCUT2D eigenvalue weighted by Gasteiger charge is 2.12. The van der Waals surface area contributed by atoms with Crippen LogP contribution in [0.15, 0.2) is 48.5 Å². The third-order valence-corrected chi connectivity index (χ3v) is 3.65. The molecule has 0 aliphatic heterocycles. The molecule has 0 spiro atoms. The largest absolute Gasteiger partial charge is 0.478 e. The van der Waals surface area contributed by atoms with E-state index in [0.717, 1.165) is 11.1 Å². The average molecular weight is 327 g/mol. The quantitative estimate of drug-likeness (QED) is 0.782. The van der Waals surface area contributed by atoms with Crippen LogP contribution < -0.4 is 5.32 Å². The predicted octanol–water partition coefficient (Wildman–Crippen LogP) is 2.78. The van der Waals surface area contributed by atoms with Crippen molar-refractivity contribution in [1.29, 1.82) is 0 Å². The number of rotatable bonds is 8. The number of carbonyl (C=O) groups is 2. The third kappa shape index (κ3) is 4.93. The molecule has 1 amide bonds. The summed E-state index contributed by atoms with van der Waals surface area (Å²) >= 11 is 0. The number of hydrogen-bond donors (Lipinski definition) is 2. The minimum Gasteiger partial charge on any atom is -0.478 e. The van der Waals surface area contributed by atoms with E-state index < -0.39 is 5.97 Å². The Hall–Kier alpha value is -2.66.